The maximum absolute atomic E-state index is 12.7. The minimum atomic E-state index is -0.556. The molecule has 3 aromatic rings. The summed E-state index contributed by atoms with van der Waals surface area (Å²) in [7, 11) is 0. The maximum Gasteiger partial charge on any atom is 0.270 e. The van der Waals surface area contributed by atoms with Crippen LogP contribution in [0.2, 0.25) is 5.02 Å². The number of thioether (sulfide) groups is 1. The number of anilines is 1. The number of nitrogens with zero attached hydrogens (tertiary/aromatic N) is 3. The number of H-pyrrole nitrogens is 1. The third kappa shape index (κ3) is 6.77. The highest BCUT2D eigenvalue weighted by molar-refractivity contribution is 7.99. The molecule has 2 amide bonds. The molecule has 0 aliphatic rings. The van der Waals surface area contributed by atoms with Crippen LogP contribution in [-0.4, -0.2) is 37.7 Å². The zero-order valence-corrected chi connectivity index (χ0v) is 19.3. The summed E-state index contributed by atoms with van der Waals surface area (Å²) in [6, 6.07) is 11.7. The van der Waals surface area contributed by atoms with E-state index in [-0.39, 0.29) is 28.8 Å². The van der Waals surface area contributed by atoms with Gasteiger partial charge in [0.2, 0.25) is 11.1 Å². The molecule has 33 heavy (non-hydrogen) atoms. The molecule has 172 valence electrons. The molecule has 0 fully saturated rings. The van der Waals surface area contributed by atoms with Crippen molar-refractivity contribution in [3.8, 4) is 0 Å². The molecule has 0 bridgehead atoms. The first-order valence-corrected chi connectivity index (χ1v) is 11.2. The third-order valence-electron chi connectivity index (χ3n) is 4.51. The van der Waals surface area contributed by atoms with Gasteiger partial charge in [-0.3, -0.25) is 24.8 Å². The number of carbonyl (C=O) groups is 2. The van der Waals surface area contributed by atoms with Gasteiger partial charge in [0.05, 0.1) is 16.7 Å². The first-order valence-electron chi connectivity index (χ1n) is 9.88. The van der Waals surface area contributed by atoms with Gasteiger partial charge in [0.15, 0.2) is 0 Å². The lowest BCUT2D eigenvalue weighted by molar-refractivity contribution is -0.384. The number of benzene rings is 2. The molecule has 0 spiro atoms. The number of aromatic amines is 1. The Morgan fingerprint density at radius 1 is 1.21 bits per heavy atom. The number of non-ortho nitro benzene ring substituents is 1. The molecule has 0 radical (unpaired) electrons. The number of hydrogen-bond acceptors (Lipinski definition) is 7. The van der Waals surface area contributed by atoms with Crippen LogP contribution in [0.25, 0.3) is 0 Å². The number of hydrogen-bond donors (Lipinski definition) is 3. The van der Waals surface area contributed by atoms with Crippen LogP contribution in [-0.2, 0) is 4.79 Å². The molecule has 1 aromatic heterocycles. The smallest absolute Gasteiger partial charge is 0.270 e. The number of aromatic nitrogens is 3. The Balaban J connectivity index is 1.61. The average molecular weight is 489 g/mol. The normalized spacial score (nSPS) is 11.8. The highest BCUT2D eigenvalue weighted by Gasteiger charge is 2.24. The van der Waals surface area contributed by atoms with Gasteiger partial charge in [-0.2, -0.15) is 0 Å². The fraction of sp³-hybridized carbons (Fsp3) is 0.238. The van der Waals surface area contributed by atoms with Crippen LogP contribution in [0.3, 0.4) is 0 Å². The molecule has 3 rings (SSSR count). The van der Waals surface area contributed by atoms with Crippen LogP contribution in [0.5, 0.6) is 0 Å². The zero-order chi connectivity index (χ0) is 24.0. The van der Waals surface area contributed by atoms with Crippen molar-refractivity contribution in [3.63, 3.8) is 0 Å². The SMILES string of the molecule is CC(C)[C@H](NC(=O)c1cccc([N+](=O)[O-])c1)c1nc(SCC(=O)Nc2ccc(Cl)cc2)n[nH]1. The molecule has 0 aliphatic carbocycles. The molecule has 0 aliphatic heterocycles. The second-order valence-corrected chi connectivity index (χ2v) is 8.73. The summed E-state index contributed by atoms with van der Waals surface area (Å²) in [6.45, 7) is 3.79. The summed E-state index contributed by atoms with van der Waals surface area (Å²) in [4.78, 5) is 39.6. The van der Waals surface area contributed by atoms with Crippen molar-refractivity contribution in [1.29, 1.82) is 0 Å². The van der Waals surface area contributed by atoms with E-state index in [2.05, 4.69) is 25.8 Å². The average Bonchev–Trinajstić information content (AvgIpc) is 3.26. The molecular weight excluding hydrogens is 468 g/mol. The molecule has 0 saturated carbocycles. The summed E-state index contributed by atoms with van der Waals surface area (Å²) < 4.78 is 0. The van der Waals surface area contributed by atoms with Gasteiger partial charge in [-0.05, 0) is 36.2 Å². The number of rotatable bonds is 9. The number of carbonyl (C=O) groups excluding carboxylic acids is 2. The van der Waals surface area contributed by atoms with Crippen LogP contribution in [0, 0.1) is 16.0 Å². The van der Waals surface area contributed by atoms with Crippen molar-refractivity contribution in [3.05, 3.63) is 75.1 Å². The van der Waals surface area contributed by atoms with E-state index in [1.165, 1.54) is 24.3 Å². The van der Waals surface area contributed by atoms with Crippen LogP contribution >= 0.6 is 23.4 Å². The van der Waals surface area contributed by atoms with Gasteiger partial charge in [0.25, 0.3) is 11.6 Å². The maximum atomic E-state index is 12.7. The van der Waals surface area contributed by atoms with Crippen LogP contribution in [0.15, 0.2) is 53.7 Å². The monoisotopic (exact) mass is 488 g/mol. The van der Waals surface area contributed by atoms with Crippen molar-refractivity contribution in [2.75, 3.05) is 11.1 Å². The lowest BCUT2D eigenvalue weighted by Gasteiger charge is -2.19. The number of nitro benzene ring substituents is 1. The van der Waals surface area contributed by atoms with Crippen LogP contribution in [0.4, 0.5) is 11.4 Å². The Kier molecular flexibility index (Phi) is 8.01. The van der Waals surface area contributed by atoms with E-state index in [9.17, 15) is 19.7 Å². The summed E-state index contributed by atoms with van der Waals surface area (Å²) in [6.07, 6.45) is 0. The Morgan fingerprint density at radius 3 is 2.61 bits per heavy atom. The second kappa shape index (κ2) is 10.9. The zero-order valence-electron chi connectivity index (χ0n) is 17.7. The Labute approximate surface area is 198 Å². The van der Waals surface area contributed by atoms with Crippen LogP contribution < -0.4 is 10.6 Å². The van der Waals surface area contributed by atoms with Crippen molar-refractivity contribution in [2.45, 2.75) is 25.0 Å². The molecular formula is C21H21ClN6O4S. The highest BCUT2D eigenvalue weighted by Crippen LogP contribution is 2.23. The van der Waals surface area contributed by atoms with E-state index < -0.39 is 16.9 Å². The van der Waals surface area contributed by atoms with Crippen molar-refractivity contribution in [1.82, 2.24) is 20.5 Å². The van der Waals surface area contributed by atoms with E-state index in [0.29, 0.717) is 21.7 Å². The lowest BCUT2D eigenvalue weighted by atomic mass is 10.0. The minimum absolute atomic E-state index is 0.0494. The molecule has 2 aromatic carbocycles. The van der Waals surface area contributed by atoms with Gasteiger partial charge in [0, 0.05) is 28.4 Å². The topological polar surface area (TPSA) is 143 Å². The number of nitro groups is 1. The van der Waals surface area contributed by atoms with Gasteiger partial charge in [-0.25, -0.2) is 4.98 Å². The Bertz CT molecular complexity index is 1150. The van der Waals surface area contributed by atoms with Crippen molar-refractivity contribution >= 4 is 46.6 Å². The largest absolute Gasteiger partial charge is 0.342 e. The molecule has 12 heteroatoms. The summed E-state index contributed by atoms with van der Waals surface area (Å²) in [5.41, 5.74) is 0.631. The molecule has 1 atom stereocenters. The van der Waals surface area contributed by atoms with E-state index in [1.54, 1.807) is 24.3 Å². The van der Waals surface area contributed by atoms with Gasteiger partial charge in [-0.15, -0.1) is 5.10 Å². The lowest BCUT2D eigenvalue weighted by Crippen LogP contribution is -2.32. The fourth-order valence-electron chi connectivity index (χ4n) is 2.86. The first kappa shape index (κ1) is 24.2. The van der Waals surface area contributed by atoms with Gasteiger partial charge in [0.1, 0.15) is 5.82 Å². The fourth-order valence-corrected chi connectivity index (χ4v) is 3.59. The van der Waals surface area contributed by atoms with Crippen molar-refractivity contribution in [2.24, 2.45) is 5.92 Å². The summed E-state index contributed by atoms with van der Waals surface area (Å²) in [5.74, 6) is -0.235. The van der Waals surface area contributed by atoms with E-state index in [1.807, 2.05) is 13.8 Å². The first-order chi connectivity index (χ1) is 15.7. The third-order valence-corrected chi connectivity index (χ3v) is 5.61. The van der Waals surface area contributed by atoms with Gasteiger partial charge >= 0.3 is 0 Å². The van der Waals surface area contributed by atoms with Crippen molar-refractivity contribution < 1.29 is 14.5 Å². The molecule has 1 heterocycles. The Morgan fingerprint density at radius 2 is 1.94 bits per heavy atom. The minimum Gasteiger partial charge on any atom is -0.342 e. The number of amides is 2. The Hall–Kier alpha value is -3.44. The van der Waals surface area contributed by atoms with E-state index >= 15 is 0 Å². The summed E-state index contributed by atoms with van der Waals surface area (Å²) >= 11 is 6.98. The molecule has 0 unspecified atom stereocenters. The molecule has 3 N–H and O–H groups in total. The highest BCUT2D eigenvalue weighted by atomic mass is 35.5. The quantitative estimate of drug-likeness (QED) is 0.232. The standard InChI is InChI=1S/C21H21ClN6O4S/c1-12(2)18(24-20(30)13-4-3-5-16(10-13)28(31)32)19-25-21(27-26-19)33-11-17(29)23-15-8-6-14(22)7-9-15/h3-10,12,18H,11H2,1-2H3,(H,23,29)(H,24,30)(H,25,26,27)/t18-/m0/s1. The van der Waals surface area contributed by atoms with Crippen LogP contribution in [0.1, 0.15) is 36.1 Å². The predicted octanol–water partition coefficient (Wildman–Crippen LogP) is 4.22. The second-order valence-electron chi connectivity index (χ2n) is 7.35. The number of halogens is 1. The number of nitrogens with one attached hydrogen (secondary N) is 3. The van der Waals surface area contributed by atoms with E-state index in [4.69, 9.17) is 11.6 Å². The summed E-state index contributed by atoms with van der Waals surface area (Å²) in [5, 5.41) is 24.4. The van der Waals surface area contributed by atoms with Gasteiger partial charge in [-0.1, -0.05) is 43.3 Å². The van der Waals surface area contributed by atoms with E-state index in [0.717, 1.165) is 11.8 Å². The van der Waals surface area contributed by atoms with Gasteiger partial charge < -0.3 is 10.6 Å². The molecule has 0 saturated heterocycles. The predicted molar refractivity (Wildman–Crippen MR) is 125 cm³/mol. The molecule has 10 nitrogen and oxygen atoms in total.